The Balaban J connectivity index is 2.07. The van der Waals surface area contributed by atoms with Gasteiger partial charge in [-0.15, -0.1) is 0 Å². The molecular weight excluding hydrogens is 332 g/mol. The summed E-state index contributed by atoms with van der Waals surface area (Å²) >= 11 is 0. The van der Waals surface area contributed by atoms with Crippen molar-refractivity contribution in [2.24, 2.45) is 5.92 Å². The lowest BCUT2D eigenvalue weighted by Gasteiger charge is -2.15. The van der Waals surface area contributed by atoms with E-state index in [1.807, 2.05) is 44.2 Å². The van der Waals surface area contributed by atoms with Gasteiger partial charge in [-0.1, -0.05) is 13.8 Å². The zero-order valence-electron chi connectivity index (χ0n) is 15.9. The number of methoxy groups -OCH3 is 3. The highest BCUT2D eigenvalue weighted by molar-refractivity contribution is 5.92. The van der Waals surface area contributed by atoms with Gasteiger partial charge in [-0.2, -0.15) is 0 Å². The topological polar surface area (TPSA) is 68.8 Å². The predicted octanol–water partition coefficient (Wildman–Crippen LogP) is 3.92. The fraction of sp³-hybridized carbons (Fsp3) is 0.350. The summed E-state index contributed by atoms with van der Waals surface area (Å²) in [6.45, 7) is 4.28. The first-order chi connectivity index (χ1) is 12.5. The van der Waals surface area contributed by atoms with Crippen LogP contribution in [0.4, 0.5) is 11.4 Å². The van der Waals surface area contributed by atoms with E-state index in [4.69, 9.17) is 14.2 Å². The van der Waals surface area contributed by atoms with E-state index in [1.165, 1.54) is 0 Å². The lowest BCUT2D eigenvalue weighted by Crippen LogP contribution is -2.17. The zero-order chi connectivity index (χ0) is 19.1. The van der Waals surface area contributed by atoms with Gasteiger partial charge in [-0.25, -0.2) is 0 Å². The van der Waals surface area contributed by atoms with E-state index in [-0.39, 0.29) is 11.8 Å². The smallest absolute Gasteiger partial charge is 0.226 e. The van der Waals surface area contributed by atoms with Crippen LogP contribution in [0.5, 0.6) is 17.2 Å². The van der Waals surface area contributed by atoms with E-state index in [2.05, 4.69) is 10.6 Å². The van der Waals surface area contributed by atoms with Gasteiger partial charge in [-0.05, 0) is 30.3 Å². The molecule has 6 heteroatoms. The maximum absolute atomic E-state index is 11.7. The molecule has 0 spiro atoms. The van der Waals surface area contributed by atoms with Crippen molar-refractivity contribution in [2.45, 2.75) is 20.4 Å². The molecule has 140 valence electrons. The van der Waals surface area contributed by atoms with Crippen molar-refractivity contribution >= 4 is 17.3 Å². The molecule has 0 radical (unpaired) electrons. The molecule has 0 aromatic heterocycles. The monoisotopic (exact) mass is 358 g/mol. The second-order valence-corrected chi connectivity index (χ2v) is 6.09. The number of carbonyl (C=O) groups is 1. The minimum Gasteiger partial charge on any atom is -0.496 e. The molecule has 0 saturated carbocycles. The third-order valence-electron chi connectivity index (χ3n) is 3.95. The van der Waals surface area contributed by atoms with Crippen LogP contribution in [0, 0.1) is 5.92 Å². The van der Waals surface area contributed by atoms with Crippen LogP contribution < -0.4 is 24.8 Å². The highest BCUT2D eigenvalue weighted by Gasteiger charge is 2.12. The summed E-state index contributed by atoms with van der Waals surface area (Å²) in [4.78, 5) is 11.7. The number of hydrogen-bond acceptors (Lipinski definition) is 5. The van der Waals surface area contributed by atoms with Gasteiger partial charge < -0.3 is 24.8 Å². The predicted molar refractivity (Wildman–Crippen MR) is 103 cm³/mol. The maximum atomic E-state index is 11.7. The van der Waals surface area contributed by atoms with Crippen LogP contribution in [-0.2, 0) is 11.3 Å². The molecule has 0 aliphatic heterocycles. The van der Waals surface area contributed by atoms with Gasteiger partial charge in [0.1, 0.15) is 5.75 Å². The third kappa shape index (κ3) is 4.81. The van der Waals surface area contributed by atoms with Crippen molar-refractivity contribution in [2.75, 3.05) is 32.0 Å². The lowest BCUT2D eigenvalue weighted by molar-refractivity contribution is -0.118. The average Bonchev–Trinajstić information content (AvgIpc) is 2.66. The molecule has 2 N–H and O–H groups in total. The normalized spacial score (nSPS) is 10.4. The highest BCUT2D eigenvalue weighted by Crippen LogP contribution is 2.35. The Morgan fingerprint density at radius 1 is 0.885 bits per heavy atom. The molecule has 2 aromatic rings. The Bertz CT molecular complexity index is 742. The number of amides is 1. The molecule has 6 nitrogen and oxygen atoms in total. The lowest BCUT2D eigenvalue weighted by atomic mass is 10.1. The van der Waals surface area contributed by atoms with Gasteiger partial charge in [0.2, 0.25) is 5.91 Å². The number of carbonyl (C=O) groups excluding carboxylic acids is 1. The summed E-state index contributed by atoms with van der Waals surface area (Å²) in [6, 6.07) is 11.3. The standard InChI is InChI=1S/C20H26N2O4/c1-13(2)20(23)22-16-8-6-15(7-9-16)21-12-14-10-18(25-4)19(26-5)11-17(14)24-3/h6-11,13,21H,12H2,1-5H3,(H,22,23). The Kier molecular flexibility index (Phi) is 6.72. The van der Waals surface area contributed by atoms with Crippen LogP contribution in [0.1, 0.15) is 19.4 Å². The van der Waals surface area contributed by atoms with E-state index in [9.17, 15) is 4.79 Å². The van der Waals surface area contributed by atoms with Gasteiger partial charge in [0, 0.05) is 35.5 Å². The first-order valence-corrected chi connectivity index (χ1v) is 8.42. The largest absolute Gasteiger partial charge is 0.496 e. The summed E-state index contributed by atoms with van der Waals surface area (Å²) in [7, 11) is 4.82. The van der Waals surface area contributed by atoms with Crippen LogP contribution in [-0.4, -0.2) is 27.2 Å². The van der Waals surface area contributed by atoms with Crippen LogP contribution >= 0.6 is 0 Å². The third-order valence-corrected chi connectivity index (χ3v) is 3.95. The molecule has 0 saturated heterocycles. The van der Waals surface area contributed by atoms with Crippen molar-refractivity contribution in [3.05, 3.63) is 42.0 Å². The summed E-state index contributed by atoms with van der Waals surface area (Å²) in [5, 5.41) is 6.21. The molecular formula is C20H26N2O4. The van der Waals surface area contributed by atoms with Crippen molar-refractivity contribution in [3.8, 4) is 17.2 Å². The SMILES string of the molecule is COc1cc(OC)c(OC)cc1CNc1ccc(NC(=O)C(C)C)cc1. The first kappa shape index (κ1) is 19.4. The van der Waals surface area contributed by atoms with Crippen molar-refractivity contribution in [3.63, 3.8) is 0 Å². The fourth-order valence-corrected chi connectivity index (χ4v) is 2.39. The molecule has 0 fully saturated rings. The molecule has 0 unspecified atom stereocenters. The molecule has 0 heterocycles. The Hall–Kier alpha value is -2.89. The molecule has 0 aliphatic carbocycles. The van der Waals surface area contributed by atoms with Crippen LogP contribution in [0.3, 0.4) is 0 Å². The Morgan fingerprint density at radius 3 is 1.96 bits per heavy atom. The quantitative estimate of drug-likeness (QED) is 0.748. The minimum atomic E-state index is -0.0506. The molecule has 1 amide bonds. The van der Waals surface area contributed by atoms with Gasteiger partial charge in [-0.3, -0.25) is 4.79 Å². The Labute approximate surface area is 154 Å². The summed E-state index contributed by atoms with van der Waals surface area (Å²) < 4.78 is 16.1. The van der Waals surface area contributed by atoms with Crippen molar-refractivity contribution in [1.82, 2.24) is 0 Å². The summed E-state index contributed by atoms with van der Waals surface area (Å²) in [5.74, 6) is 1.94. The molecule has 26 heavy (non-hydrogen) atoms. The molecule has 0 aliphatic rings. The number of rotatable bonds is 8. The van der Waals surface area contributed by atoms with Gasteiger partial charge in [0.05, 0.1) is 21.3 Å². The summed E-state index contributed by atoms with van der Waals surface area (Å²) in [6.07, 6.45) is 0. The van der Waals surface area contributed by atoms with Gasteiger partial charge in [0.15, 0.2) is 11.5 Å². The van der Waals surface area contributed by atoms with Gasteiger partial charge in [0.25, 0.3) is 0 Å². The van der Waals surface area contributed by atoms with Crippen LogP contribution in [0.25, 0.3) is 0 Å². The fourth-order valence-electron chi connectivity index (χ4n) is 2.39. The molecule has 0 atom stereocenters. The number of ether oxygens (including phenoxy) is 3. The number of hydrogen-bond donors (Lipinski definition) is 2. The minimum absolute atomic E-state index is 0.000716. The second-order valence-electron chi connectivity index (χ2n) is 6.09. The van der Waals surface area contributed by atoms with E-state index in [0.29, 0.717) is 18.0 Å². The van der Waals surface area contributed by atoms with E-state index in [0.717, 1.165) is 22.7 Å². The van der Waals surface area contributed by atoms with Crippen LogP contribution in [0.2, 0.25) is 0 Å². The molecule has 0 bridgehead atoms. The number of benzene rings is 2. The van der Waals surface area contributed by atoms with Crippen LogP contribution in [0.15, 0.2) is 36.4 Å². The molecule has 2 aromatic carbocycles. The summed E-state index contributed by atoms with van der Waals surface area (Å²) in [5.41, 5.74) is 2.66. The van der Waals surface area contributed by atoms with E-state index >= 15 is 0 Å². The number of anilines is 2. The Morgan fingerprint density at radius 2 is 1.42 bits per heavy atom. The second kappa shape index (κ2) is 8.99. The zero-order valence-corrected chi connectivity index (χ0v) is 15.9. The van der Waals surface area contributed by atoms with Crippen molar-refractivity contribution in [1.29, 1.82) is 0 Å². The number of nitrogens with one attached hydrogen (secondary N) is 2. The van der Waals surface area contributed by atoms with Crippen molar-refractivity contribution < 1.29 is 19.0 Å². The first-order valence-electron chi connectivity index (χ1n) is 8.42. The van der Waals surface area contributed by atoms with Gasteiger partial charge >= 0.3 is 0 Å². The maximum Gasteiger partial charge on any atom is 0.226 e. The van der Waals surface area contributed by atoms with E-state index in [1.54, 1.807) is 27.4 Å². The average molecular weight is 358 g/mol. The van der Waals surface area contributed by atoms with E-state index < -0.39 is 0 Å². The molecule has 2 rings (SSSR count). The highest BCUT2D eigenvalue weighted by atomic mass is 16.5.